The second kappa shape index (κ2) is 10.8. The molecule has 1 unspecified atom stereocenters. The maximum absolute atomic E-state index is 13.5. The summed E-state index contributed by atoms with van der Waals surface area (Å²) in [4.78, 5) is 6.89. The van der Waals surface area contributed by atoms with Gasteiger partial charge in [0, 0.05) is 38.5 Å². The Balaban J connectivity index is 1.85. The van der Waals surface area contributed by atoms with Crippen LogP contribution in [0.25, 0.3) is 0 Å². The number of rotatable bonds is 7. The van der Waals surface area contributed by atoms with Gasteiger partial charge in [0.1, 0.15) is 5.82 Å². The van der Waals surface area contributed by atoms with Crippen LogP contribution in [-0.2, 0) is 12.3 Å². The van der Waals surface area contributed by atoms with E-state index in [0.717, 1.165) is 35.9 Å². The standard InChI is InChI=1S/C20H33FN4S/c1-15(2)25-9-5-6-16(13-25)11-23-20(22-3)24-12-17-7-8-19(21)10-18(17)14-26-4/h7-8,10,15-16H,5-6,9,11-14H2,1-4H3,(H2,22,23,24). The molecular formula is C20H33FN4S. The van der Waals surface area contributed by atoms with Gasteiger partial charge in [0.15, 0.2) is 5.96 Å². The number of halogens is 1. The van der Waals surface area contributed by atoms with Gasteiger partial charge in [-0.3, -0.25) is 4.99 Å². The van der Waals surface area contributed by atoms with Crippen molar-refractivity contribution in [1.29, 1.82) is 0 Å². The SMILES string of the molecule is CN=C(NCc1ccc(F)cc1CSC)NCC1CCCN(C(C)C)C1. The summed E-state index contributed by atoms with van der Waals surface area (Å²) in [5, 5.41) is 6.84. The molecule has 0 amide bonds. The number of piperidine rings is 1. The molecule has 26 heavy (non-hydrogen) atoms. The van der Waals surface area contributed by atoms with Crippen LogP contribution in [0, 0.1) is 11.7 Å². The number of likely N-dealkylation sites (tertiary alicyclic amines) is 1. The Morgan fingerprint density at radius 1 is 1.35 bits per heavy atom. The Hall–Kier alpha value is -1.27. The quantitative estimate of drug-likeness (QED) is 0.561. The molecule has 1 heterocycles. The van der Waals surface area contributed by atoms with Crippen LogP contribution >= 0.6 is 11.8 Å². The van der Waals surface area contributed by atoms with Gasteiger partial charge in [-0.25, -0.2) is 4.39 Å². The molecule has 1 aliphatic heterocycles. The van der Waals surface area contributed by atoms with Gasteiger partial charge in [-0.2, -0.15) is 11.8 Å². The van der Waals surface area contributed by atoms with Crippen molar-refractivity contribution in [3.8, 4) is 0 Å². The number of guanidine groups is 1. The Bertz CT molecular complexity index is 591. The molecule has 0 aromatic heterocycles. The van der Waals surface area contributed by atoms with Crippen LogP contribution in [0.2, 0.25) is 0 Å². The summed E-state index contributed by atoms with van der Waals surface area (Å²) in [7, 11) is 1.80. The third-order valence-electron chi connectivity index (χ3n) is 4.98. The zero-order valence-corrected chi connectivity index (χ0v) is 17.3. The predicted octanol–water partition coefficient (Wildman–Crippen LogP) is 3.47. The first kappa shape index (κ1) is 21.0. The molecule has 0 aliphatic carbocycles. The summed E-state index contributed by atoms with van der Waals surface area (Å²) in [6.07, 6.45) is 4.57. The molecule has 0 spiro atoms. The molecule has 0 saturated carbocycles. The molecule has 0 bridgehead atoms. The van der Waals surface area contributed by atoms with E-state index in [1.807, 2.05) is 12.3 Å². The van der Waals surface area contributed by atoms with Gasteiger partial charge in [-0.05, 0) is 68.7 Å². The van der Waals surface area contributed by atoms with Crippen LogP contribution < -0.4 is 10.6 Å². The molecule has 1 fully saturated rings. The van der Waals surface area contributed by atoms with E-state index in [0.29, 0.717) is 18.5 Å². The first-order valence-corrected chi connectivity index (χ1v) is 10.9. The van der Waals surface area contributed by atoms with Crippen LogP contribution in [0.3, 0.4) is 0 Å². The van der Waals surface area contributed by atoms with Crippen LogP contribution in [0.1, 0.15) is 37.8 Å². The first-order valence-electron chi connectivity index (χ1n) is 9.48. The average molecular weight is 381 g/mol. The molecule has 146 valence electrons. The summed E-state index contributed by atoms with van der Waals surface area (Å²) >= 11 is 1.70. The Morgan fingerprint density at radius 2 is 2.15 bits per heavy atom. The highest BCUT2D eigenvalue weighted by Gasteiger charge is 2.21. The van der Waals surface area contributed by atoms with Gasteiger partial charge >= 0.3 is 0 Å². The van der Waals surface area contributed by atoms with Gasteiger partial charge in [0.25, 0.3) is 0 Å². The van der Waals surface area contributed by atoms with Gasteiger partial charge in [0.05, 0.1) is 0 Å². The highest BCUT2D eigenvalue weighted by atomic mass is 32.2. The zero-order valence-electron chi connectivity index (χ0n) is 16.5. The van der Waals surface area contributed by atoms with Crippen molar-refractivity contribution < 1.29 is 4.39 Å². The molecule has 4 nitrogen and oxygen atoms in total. The second-order valence-electron chi connectivity index (χ2n) is 7.25. The molecule has 6 heteroatoms. The lowest BCUT2D eigenvalue weighted by Crippen LogP contribution is -2.46. The monoisotopic (exact) mass is 380 g/mol. The minimum absolute atomic E-state index is 0.174. The zero-order chi connectivity index (χ0) is 18.9. The number of benzene rings is 1. The number of hydrogen-bond acceptors (Lipinski definition) is 3. The largest absolute Gasteiger partial charge is 0.356 e. The topological polar surface area (TPSA) is 39.7 Å². The third-order valence-corrected chi connectivity index (χ3v) is 5.58. The lowest BCUT2D eigenvalue weighted by molar-refractivity contribution is 0.141. The van der Waals surface area contributed by atoms with E-state index in [1.54, 1.807) is 24.9 Å². The van der Waals surface area contributed by atoms with E-state index < -0.39 is 0 Å². The Labute approximate surface area is 162 Å². The lowest BCUT2D eigenvalue weighted by Gasteiger charge is -2.35. The van der Waals surface area contributed by atoms with Crippen molar-refractivity contribution in [3.63, 3.8) is 0 Å². The maximum Gasteiger partial charge on any atom is 0.191 e. The number of aliphatic imine (C=N–C) groups is 1. The third kappa shape index (κ3) is 6.47. The van der Waals surface area contributed by atoms with E-state index in [1.165, 1.54) is 25.5 Å². The maximum atomic E-state index is 13.5. The summed E-state index contributed by atoms with van der Waals surface area (Å²) < 4.78 is 13.5. The van der Waals surface area contributed by atoms with Crippen LogP contribution in [0.5, 0.6) is 0 Å². The van der Waals surface area contributed by atoms with Crippen molar-refractivity contribution >= 4 is 17.7 Å². The van der Waals surface area contributed by atoms with E-state index in [-0.39, 0.29) is 5.82 Å². The number of thioether (sulfide) groups is 1. The smallest absolute Gasteiger partial charge is 0.191 e. The second-order valence-corrected chi connectivity index (χ2v) is 8.12. The lowest BCUT2D eigenvalue weighted by atomic mass is 9.97. The summed E-state index contributed by atoms with van der Waals surface area (Å²) in [5.74, 6) is 2.11. The van der Waals surface area contributed by atoms with Crippen LogP contribution in [0.15, 0.2) is 23.2 Å². The average Bonchev–Trinajstić information content (AvgIpc) is 2.63. The fourth-order valence-electron chi connectivity index (χ4n) is 3.43. The minimum Gasteiger partial charge on any atom is -0.356 e. The molecule has 1 aliphatic rings. The molecule has 1 aromatic rings. The molecule has 1 aromatic carbocycles. The Kier molecular flexibility index (Phi) is 8.72. The van der Waals surface area contributed by atoms with Gasteiger partial charge in [-0.1, -0.05) is 6.07 Å². The van der Waals surface area contributed by atoms with Gasteiger partial charge in [-0.15, -0.1) is 0 Å². The minimum atomic E-state index is -0.174. The molecule has 0 radical (unpaired) electrons. The molecule has 1 saturated heterocycles. The summed E-state index contributed by atoms with van der Waals surface area (Å²) in [5.41, 5.74) is 2.16. The van der Waals surface area contributed by atoms with Crippen molar-refractivity contribution in [2.24, 2.45) is 10.9 Å². The van der Waals surface area contributed by atoms with E-state index in [9.17, 15) is 4.39 Å². The van der Waals surface area contributed by atoms with Crippen molar-refractivity contribution in [2.75, 3.05) is 32.9 Å². The number of hydrogen-bond donors (Lipinski definition) is 2. The van der Waals surface area contributed by atoms with E-state index >= 15 is 0 Å². The summed E-state index contributed by atoms with van der Waals surface area (Å²) in [6, 6.07) is 5.64. The Morgan fingerprint density at radius 3 is 2.85 bits per heavy atom. The van der Waals surface area contributed by atoms with E-state index in [4.69, 9.17) is 0 Å². The van der Waals surface area contributed by atoms with Crippen molar-refractivity contribution in [1.82, 2.24) is 15.5 Å². The molecule has 1 atom stereocenters. The fourth-order valence-corrected chi connectivity index (χ4v) is 4.01. The normalized spacial score (nSPS) is 19.0. The van der Waals surface area contributed by atoms with Crippen LogP contribution in [-0.4, -0.2) is 49.8 Å². The van der Waals surface area contributed by atoms with Crippen molar-refractivity contribution in [2.45, 2.75) is 45.0 Å². The van der Waals surface area contributed by atoms with Crippen LogP contribution in [0.4, 0.5) is 4.39 Å². The first-order chi connectivity index (χ1) is 12.5. The number of nitrogens with one attached hydrogen (secondary N) is 2. The summed E-state index contributed by atoms with van der Waals surface area (Å²) in [6.45, 7) is 8.49. The molecule has 2 rings (SSSR count). The van der Waals surface area contributed by atoms with Gasteiger partial charge in [0.2, 0.25) is 0 Å². The molecular weight excluding hydrogens is 347 g/mol. The predicted molar refractivity (Wildman–Crippen MR) is 111 cm³/mol. The molecule has 2 N–H and O–H groups in total. The highest BCUT2D eigenvalue weighted by molar-refractivity contribution is 7.97. The van der Waals surface area contributed by atoms with E-state index in [2.05, 4.69) is 34.4 Å². The van der Waals surface area contributed by atoms with Crippen molar-refractivity contribution in [3.05, 3.63) is 35.1 Å². The highest BCUT2D eigenvalue weighted by Crippen LogP contribution is 2.18. The van der Waals surface area contributed by atoms with Gasteiger partial charge < -0.3 is 15.5 Å². The number of nitrogens with zero attached hydrogens (tertiary/aromatic N) is 2. The fraction of sp³-hybridized carbons (Fsp3) is 0.650.